The van der Waals surface area contributed by atoms with Crippen LogP contribution in [0.15, 0.2) is 54.7 Å². The van der Waals surface area contributed by atoms with Crippen LogP contribution in [0.4, 0.5) is 5.69 Å². The fourth-order valence-electron chi connectivity index (χ4n) is 4.67. The number of aromatic nitrogens is 2. The summed E-state index contributed by atoms with van der Waals surface area (Å²) in [5, 5.41) is 7.75. The van der Waals surface area contributed by atoms with Crippen LogP contribution >= 0.6 is 0 Å². The average molecular weight is 515 g/mol. The van der Waals surface area contributed by atoms with Crippen molar-refractivity contribution < 1.29 is 19.1 Å². The highest BCUT2D eigenvalue weighted by Crippen LogP contribution is 2.27. The molecule has 1 atom stereocenters. The summed E-state index contributed by atoms with van der Waals surface area (Å²) in [7, 11) is 1.61. The lowest BCUT2D eigenvalue weighted by atomic mass is 10.0. The van der Waals surface area contributed by atoms with Gasteiger partial charge in [-0.1, -0.05) is 18.9 Å². The number of carbonyl (C=O) groups is 3. The highest BCUT2D eigenvalue weighted by atomic mass is 16.5. The fourth-order valence-corrected chi connectivity index (χ4v) is 4.67. The van der Waals surface area contributed by atoms with Crippen LogP contribution < -0.4 is 15.4 Å². The van der Waals surface area contributed by atoms with E-state index in [4.69, 9.17) is 4.74 Å². The average Bonchev–Trinajstić information content (AvgIpc) is 3.21. The van der Waals surface area contributed by atoms with E-state index in [0.29, 0.717) is 24.3 Å². The van der Waals surface area contributed by atoms with Crippen LogP contribution in [0.25, 0.3) is 21.8 Å². The molecule has 3 N–H and O–H groups in total. The van der Waals surface area contributed by atoms with Crippen LogP contribution in [0.3, 0.4) is 0 Å². The fraction of sp³-hybridized carbons (Fsp3) is 0.333. The number of nitrogens with one attached hydrogen (secondary N) is 3. The summed E-state index contributed by atoms with van der Waals surface area (Å²) in [6, 6.07) is 14.3. The Morgan fingerprint density at radius 2 is 1.89 bits per heavy atom. The highest BCUT2D eigenvalue weighted by Gasteiger charge is 2.22. The Morgan fingerprint density at radius 1 is 1.05 bits per heavy atom. The number of aryl methyl sites for hydroxylation is 1. The summed E-state index contributed by atoms with van der Waals surface area (Å²) in [5.74, 6) is 0.365. The Bertz CT molecular complexity index is 1460. The van der Waals surface area contributed by atoms with Gasteiger partial charge in [0.2, 0.25) is 11.8 Å². The number of amides is 2. The van der Waals surface area contributed by atoms with Crippen molar-refractivity contribution in [1.82, 2.24) is 15.3 Å². The van der Waals surface area contributed by atoms with Crippen LogP contribution in [0.1, 0.15) is 50.3 Å². The molecule has 0 unspecified atom stereocenters. The molecule has 0 saturated carbocycles. The minimum atomic E-state index is -0.704. The Hall–Kier alpha value is -4.20. The lowest BCUT2D eigenvalue weighted by Crippen LogP contribution is -2.44. The Kier molecular flexibility index (Phi) is 8.73. The molecule has 0 fully saturated rings. The number of ketones is 1. The lowest BCUT2D eigenvalue weighted by Gasteiger charge is -2.19. The van der Waals surface area contributed by atoms with Gasteiger partial charge in [0, 0.05) is 40.3 Å². The van der Waals surface area contributed by atoms with Gasteiger partial charge in [-0.3, -0.25) is 14.6 Å². The molecule has 4 rings (SSSR count). The van der Waals surface area contributed by atoms with E-state index >= 15 is 0 Å². The first-order valence-corrected chi connectivity index (χ1v) is 12.9. The molecule has 0 aliphatic rings. The number of pyridine rings is 1. The molecule has 0 saturated heterocycles. The minimum absolute atomic E-state index is 0.134. The van der Waals surface area contributed by atoms with E-state index in [1.807, 2.05) is 55.5 Å². The van der Waals surface area contributed by atoms with E-state index in [0.717, 1.165) is 52.3 Å². The van der Waals surface area contributed by atoms with E-state index in [2.05, 4.69) is 20.6 Å². The highest BCUT2D eigenvalue weighted by molar-refractivity contribution is 5.99. The number of hydrogen-bond acceptors (Lipinski definition) is 5. The van der Waals surface area contributed by atoms with Crippen molar-refractivity contribution in [3.05, 3.63) is 66.0 Å². The maximum absolute atomic E-state index is 13.3. The van der Waals surface area contributed by atoms with Crippen molar-refractivity contribution in [2.24, 2.45) is 0 Å². The number of nitrogens with zero attached hydrogens (tertiary/aromatic N) is 1. The number of carbonyl (C=O) groups excluding carboxylic acids is 3. The minimum Gasteiger partial charge on any atom is -0.497 e. The summed E-state index contributed by atoms with van der Waals surface area (Å²) >= 11 is 0. The number of ether oxygens (including phenoxy) is 1. The van der Waals surface area contributed by atoms with Crippen molar-refractivity contribution in [2.45, 2.75) is 58.4 Å². The molecule has 0 aliphatic carbocycles. The van der Waals surface area contributed by atoms with Crippen LogP contribution in [0, 0.1) is 6.92 Å². The third kappa shape index (κ3) is 6.76. The third-order valence-electron chi connectivity index (χ3n) is 6.71. The second-order valence-electron chi connectivity index (χ2n) is 9.64. The number of unbranched alkanes of at least 4 members (excludes halogenated alkanes) is 2. The Balaban J connectivity index is 1.47. The molecule has 8 nitrogen and oxygen atoms in total. The normalized spacial score (nSPS) is 11.9. The number of hydrogen-bond donors (Lipinski definition) is 3. The molecule has 2 aromatic heterocycles. The molecule has 198 valence electrons. The van der Waals surface area contributed by atoms with Gasteiger partial charge < -0.3 is 25.1 Å². The van der Waals surface area contributed by atoms with Crippen molar-refractivity contribution in [2.75, 3.05) is 12.4 Å². The maximum atomic E-state index is 13.3. The number of anilines is 1. The molecule has 2 amide bonds. The molecular weight excluding hydrogens is 480 g/mol. The molecule has 8 heteroatoms. The molecule has 38 heavy (non-hydrogen) atoms. The zero-order chi connectivity index (χ0) is 27.1. The molecule has 2 aromatic carbocycles. The number of rotatable bonds is 12. The second kappa shape index (κ2) is 12.4. The van der Waals surface area contributed by atoms with Crippen molar-refractivity contribution in [3.8, 4) is 5.75 Å². The Morgan fingerprint density at radius 3 is 2.68 bits per heavy atom. The standard InChI is InChI=1S/C30H34N4O4/c1-19(35)8-5-4-6-10-28(30(37)33-22-11-13-26-21(16-22)9-7-15-31-26)34-29(36)18-24-20(2)32-27-14-12-23(38-3)17-25(24)27/h7,9,11-17,28,32H,4-6,8,10,18H2,1-3H3,(H,33,37)(H,34,36)/t28-/m0/s1. The van der Waals surface area contributed by atoms with Gasteiger partial charge >= 0.3 is 0 Å². The quantitative estimate of drug-likeness (QED) is 0.224. The predicted molar refractivity (Wildman–Crippen MR) is 149 cm³/mol. The van der Waals surface area contributed by atoms with E-state index in [9.17, 15) is 14.4 Å². The van der Waals surface area contributed by atoms with Crippen molar-refractivity contribution in [1.29, 1.82) is 0 Å². The predicted octanol–water partition coefficient (Wildman–Crippen LogP) is 5.24. The number of fused-ring (bicyclic) bond motifs is 2. The summed E-state index contributed by atoms with van der Waals surface area (Å²) in [6.45, 7) is 3.51. The molecular formula is C30H34N4O4. The lowest BCUT2D eigenvalue weighted by molar-refractivity contribution is -0.126. The molecule has 0 radical (unpaired) electrons. The number of benzene rings is 2. The van der Waals surface area contributed by atoms with Gasteiger partial charge in [-0.05, 0) is 74.7 Å². The van der Waals surface area contributed by atoms with Gasteiger partial charge in [0.05, 0.1) is 19.0 Å². The van der Waals surface area contributed by atoms with Crippen LogP contribution in [-0.4, -0.2) is 40.7 Å². The van der Waals surface area contributed by atoms with Gasteiger partial charge in [0.25, 0.3) is 0 Å². The number of aromatic amines is 1. The van der Waals surface area contributed by atoms with Crippen molar-refractivity contribution in [3.63, 3.8) is 0 Å². The van der Waals surface area contributed by atoms with E-state index in [1.54, 1.807) is 20.2 Å². The smallest absolute Gasteiger partial charge is 0.246 e. The largest absolute Gasteiger partial charge is 0.497 e. The van der Waals surface area contributed by atoms with E-state index in [-0.39, 0.29) is 24.0 Å². The van der Waals surface area contributed by atoms with E-state index < -0.39 is 6.04 Å². The maximum Gasteiger partial charge on any atom is 0.246 e. The first-order chi connectivity index (χ1) is 18.3. The number of methoxy groups -OCH3 is 1. The summed E-state index contributed by atoms with van der Waals surface area (Å²) in [6.07, 6.45) is 5.16. The molecule has 4 aromatic rings. The second-order valence-corrected chi connectivity index (χ2v) is 9.64. The topological polar surface area (TPSA) is 113 Å². The van der Waals surface area contributed by atoms with Gasteiger partial charge in [-0.15, -0.1) is 0 Å². The van der Waals surface area contributed by atoms with Crippen LogP contribution in [0.2, 0.25) is 0 Å². The van der Waals surface area contributed by atoms with Gasteiger partial charge in [-0.25, -0.2) is 0 Å². The summed E-state index contributed by atoms with van der Waals surface area (Å²) < 4.78 is 5.36. The van der Waals surface area contributed by atoms with E-state index in [1.165, 1.54) is 0 Å². The van der Waals surface area contributed by atoms with Crippen LogP contribution in [-0.2, 0) is 20.8 Å². The number of H-pyrrole nitrogens is 1. The molecule has 0 spiro atoms. The monoisotopic (exact) mass is 514 g/mol. The molecule has 0 bridgehead atoms. The third-order valence-corrected chi connectivity index (χ3v) is 6.71. The number of Topliss-reactive ketones (excluding diaryl/α,β-unsaturated/α-hetero) is 1. The first-order valence-electron chi connectivity index (χ1n) is 12.9. The zero-order valence-corrected chi connectivity index (χ0v) is 22.1. The first kappa shape index (κ1) is 26.9. The zero-order valence-electron chi connectivity index (χ0n) is 22.1. The van der Waals surface area contributed by atoms with Crippen LogP contribution in [0.5, 0.6) is 5.75 Å². The SMILES string of the molecule is COc1ccc2[nH]c(C)c(CC(=O)N[C@@H](CCCCCC(C)=O)C(=O)Nc3ccc4ncccc4c3)c2c1. The van der Waals surface area contributed by atoms with Gasteiger partial charge in [0.15, 0.2) is 0 Å². The molecule has 0 aliphatic heterocycles. The molecule has 2 heterocycles. The summed E-state index contributed by atoms with van der Waals surface area (Å²) in [4.78, 5) is 45.4. The summed E-state index contributed by atoms with van der Waals surface area (Å²) in [5.41, 5.74) is 4.19. The van der Waals surface area contributed by atoms with Gasteiger partial charge in [-0.2, -0.15) is 0 Å². The van der Waals surface area contributed by atoms with Crippen molar-refractivity contribution >= 4 is 45.1 Å². The van der Waals surface area contributed by atoms with Gasteiger partial charge in [0.1, 0.15) is 17.6 Å². The Labute approximate surface area is 222 Å².